The quantitative estimate of drug-likeness (QED) is 0.524. The molecule has 0 amide bonds. The predicted octanol–water partition coefficient (Wildman–Crippen LogP) is 3.11. The van der Waals surface area contributed by atoms with Crippen LogP contribution in [0.15, 0.2) is 24.4 Å². The highest BCUT2D eigenvalue weighted by Crippen LogP contribution is 2.21. The third kappa shape index (κ3) is 3.02. The molecule has 1 aromatic carbocycles. The van der Waals surface area contributed by atoms with Crippen LogP contribution in [0.1, 0.15) is 36.7 Å². The number of H-pyrrole nitrogens is 1. The molecule has 0 spiro atoms. The number of hydrogen-bond donors (Lipinski definition) is 1. The predicted molar refractivity (Wildman–Crippen MR) is 75.4 cm³/mol. The van der Waals surface area contributed by atoms with Gasteiger partial charge in [-0.15, -0.1) is 0 Å². The van der Waals surface area contributed by atoms with Gasteiger partial charge in [-0.25, -0.2) is 4.79 Å². The molecule has 0 fully saturated rings. The Hall–Kier alpha value is -2.10. The molecule has 2 rings (SSSR count). The van der Waals surface area contributed by atoms with E-state index >= 15 is 0 Å². The minimum absolute atomic E-state index is 0.363. The lowest BCUT2D eigenvalue weighted by molar-refractivity contribution is -0.135. The van der Waals surface area contributed by atoms with Crippen molar-refractivity contribution >= 4 is 22.7 Å². The summed E-state index contributed by atoms with van der Waals surface area (Å²) in [6.45, 7) is 6.04. The van der Waals surface area contributed by atoms with Crippen molar-refractivity contribution in [3.63, 3.8) is 0 Å². The zero-order valence-corrected chi connectivity index (χ0v) is 11.7. The van der Waals surface area contributed by atoms with Crippen molar-refractivity contribution in [2.45, 2.75) is 27.2 Å². The highest BCUT2D eigenvalue weighted by molar-refractivity contribution is 6.42. The SMILES string of the molecule is CC.CCc1ccc2[nH]cc(C(=O)C(=O)OC)c2c1. The Labute approximate surface area is 112 Å². The smallest absolute Gasteiger partial charge is 0.379 e. The van der Waals surface area contributed by atoms with Gasteiger partial charge in [0.15, 0.2) is 0 Å². The van der Waals surface area contributed by atoms with Crippen LogP contribution in [-0.4, -0.2) is 23.8 Å². The maximum Gasteiger partial charge on any atom is 0.379 e. The molecule has 4 nitrogen and oxygen atoms in total. The lowest BCUT2D eigenvalue weighted by Crippen LogP contribution is -2.15. The summed E-state index contributed by atoms with van der Waals surface area (Å²) in [5.74, 6) is -1.46. The molecule has 1 aromatic heterocycles. The van der Waals surface area contributed by atoms with Gasteiger partial charge in [-0.05, 0) is 24.1 Å². The van der Waals surface area contributed by atoms with E-state index in [1.54, 1.807) is 6.20 Å². The van der Waals surface area contributed by atoms with E-state index in [0.717, 1.165) is 22.9 Å². The molecule has 0 saturated carbocycles. The van der Waals surface area contributed by atoms with Crippen LogP contribution < -0.4 is 0 Å². The first-order valence-electron chi connectivity index (χ1n) is 6.40. The van der Waals surface area contributed by atoms with E-state index in [2.05, 4.69) is 9.72 Å². The largest absolute Gasteiger partial charge is 0.463 e. The van der Waals surface area contributed by atoms with Crippen molar-refractivity contribution in [3.05, 3.63) is 35.5 Å². The maximum absolute atomic E-state index is 11.8. The van der Waals surface area contributed by atoms with Crippen molar-refractivity contribution in [1.29, 1.82) is 0 Å². The Kier molecular flexibility index (Phi) is 5.30. The first-order chi connectivity index (χ1) is 9.17. The Morgan fingerprint density at radius 1 is 1.26 bits per heavy atom. The van der Waals surface area contributed by atoms with Crippen LogP contribution in [0.25, 0.3) is 10.9 Å². The van der Waals surface area contributed by atoms with E-state index in [1.807, 2.05) is 39.0 Å². The standard InChI is InChI=1S/C13H13NO3.C2H6/c1-3-8-4-5-11-9(6-8)10(7-14-11)12(15)13(16)17-2;1-2/h4-7,14H,3H2,1-2H3;1-2H3. The van der Waals surface area contributed by atoms with Crippen LogP contribution in [0.2, 0.25) is 0 Å². The number of aryl methyl sites for hydroxylation is 1. The third-order valence-electron chi connectivity index (χ3n) is 2.77. The first kappa shape index (κ1) is 15.0. The maximum atomic E-state index is 11.8. The summed E-state index contributed by atoms with van der Waals surface area (Å²) in [4.78, 5) is 25.9. The van der Waals surface area contributed by atoms with Gasteiger partial charge in [0.25, 0.3) is 5.78 Å². The van der Waals surface area contributed by atoms with Gasteiger partial charge in [0.2, 0.25) is 0 Å². The number of nitrogens with one attached hydrogen (secondary N) is 1. The van der Waals surface area contributed by atoms with Crippen molar-refractivity contribution in [3.8, 4) is 0 Å². The number of hydrogen-bond acceptors (Lipinski definition) is 3. The Morgan fingerprint density at radius 2 is 1.95 bits per heavy atom. The molecule has 102 valence electrons. The van der Waals surface area contributed by atoms with Crippen molar-refractivity contribution < 1.29 is 14.3 Å². The summed E-state index contributed by atoms with van der Waals surface area (Å²) in [6.07, 6.45) is 2.43. The average Bonchev–Trinajstić information content (AvgIpc) is 2.90. The number of rotatable bonds is 3. The molecule has 0 saturated heterocycles. The van der Waals surface area contributed by atoms with Crippen LogP contribution in [0.5, 0.6) is 0 Å². The van der Waals surface area contributed by atoms with E-state index in [-0.39, 0.29) is 0 Å². The lowest BCUT2D eigenvalue weighted by atomic mass is 10.1. The lowest BCUT2D eigenvalue weighted by Gasteiger charge is -1.99. The first-order valence-corrected chi connectivity index (χ1v) is 6.40. The van der Waals surface area contributed by atoms with Gasteiger partial charge in [0.1, 0.15) is 0 Å². The van der Waals surface area contributed by atoms with Crippen molar-refractivity contribution in [2.75, 3.05) is 7.11 Å². The molecular formula is C15H19NO3. The average molecular weight is 261 g/mol. The molecule has 0 unspecified atom stereocenters. The van der Waals surface area contributed by atoms with Crippen LogP contribution in [0.4, 0.5) is 0 Å². The summed E-state index contributed by atoms with van der Waals surface area (Å²) >= 11 is 0. The number of Topliss-reactive ketones (excluding diaryl/α,β-unsaturated/α-hetero) is 1. The number of fused-ring (bicyclic) bond motifs is 1. The summed E-state index contributed by atoms with van der Waals surface area (Å²) in [7, 11) is 1.20. The van der Waals surface area contributed by atoms with Gasteiger partial charge in [0.05, 0.1) is 12.7 Å². The highest BCUT2D eigenvalue weighted by Gasteiger charge is 2.20. The second-order valence-electron chi connectivity index (χ2n) is 3.76. The third-order valence-corrected chi connectivity index (χ3v) is 2.77. The Bertz CT molecular complexity index is 584. The van der Waals surface area contributed by atoms with E-state index < -0.39 is 11.8 Å². The van der Waals surface area contributed by atoms with Crippen molar-refractivity contribution in [1.82, 2.24) is 4.98 Å². The number of ketones is 1. The number of methoxy groups -OCH3 is 1. The van der Waals surface area contributed by atoms with Crippen LogP contribution >= 0.6 is 0 Å². The number of aromatic nitrogens is 1. The van der Waals surface area contributed by atoms with Crippen molar-refractivity contribution in [2.24, 2.45) is 0 Å². The van der Waals surface area contributed by atoms with E-state index in [9.17, 15) is 9.59 Å². The summed E-state index contributed by atoms with van der Waals surface area (Å²) in [5, 5.41) is 0.764. The van der Waals surface area contributed by atoms with Gasteiger partial charge in [-0.1, -0.05) is 26.8 Å². The van der Waals surface area contributed by atoms with Gasteiger partial charge in [-0.3, -0.25) is 4.79 Å². The molecule has 2 aromatic rings. The normalized spacial score (nSPS) is 9.68. The number of esters is 1. The second-order valence-corrected chi connectivity index (χ2v) is 3.76. The van der Waals surface area contributed by atoms with Gasteiger partial charge < -0.3 is 9.72 Å². The Morgan fingerprint density at radius 3 is 2.53 bits per heavy atom. The number of aromatic amines is 1. The fraction of sp³-hybridized carbons (Fsp3) is 0.333. The number of carbonyl (C=O) groups is 2. The molecule has 0 radical (unpaired) electrons. The monoisotopic (exact) mass is 261 g/mol. The summed E-state index contributed by atoms with van der Waals surface area (Å²) < 4.78 is 4.44. The topological polar surface area (TPSA) is 59.2 Å². The molecule has 0 aliphatic heterocycles. The summed E-state index contributed by atoms with van der Waals surface area (Å²) in [6, 6.07) is 5.81. The molecule has 0 bridgehead atoms. The van der Waals surface area contributed by atoms with Gasteiger partial charge >= 0.3 is 5.97 Å². The fourth-order valence-corrected chi connectivity index (χ4v) is 1.78. The minimum atomic E-state index is -0.840. The molecule has 0 atom stereocenters. The molecular weight excluding hydrogens is 242 g/mol. The van der Waals surface area contributed by atoms with Crippen LogP contribution in [0, 0.1) is 0 Å². The van der Waals surface area contributed by atoms with Crippen LogP contribution in [0.3, 0.4) is 0 Å². The van der Waals surface area contributed by atoms with Gasteiger partial charge in [0, 0.05) is 17.1 Å². The van der Waals surface area contributed by atoms with Crippen LogP contribution in [-0.2, 0) is 16.0 Å². The fourth-order valence-electron chi connectivity index (χ4n) is 1.78. The van der Waals surface area contributed by atoms with E-state index in [4.69, 9.17) is 0 Å². The van der Waals surface area contributed by atoms with E-state index in [1.165, 1.54) is 7.11 Å². The van der Waals surface area contributed by atoms with E-state index in [0.29, 0.717) is 5.56 Å². The minimum Gasteiger partial charge on any atom is -0.463 e. The number of ether oxygens (including phenoxy) is 1. The summed E-state index contributed by atoms with van der Waals surface area (Å²) in [5.41, 5.74) is 2.33. The molecule has 4 heteroatoms. The highest BCUT2D eigenvalue weighted by atomic mass is 16.5. The number of benzene rings is 1. The molecule has 0 aliphatic rings. The second kappa shape index (κ2) is 6.73. The Balaban J connectivity index is 0.000000861. The molecule has 1 N–H and O–H groups in total. The molecule has 19 heavy (non-hydrogen) atoms. The molecule has 1 heterocycles. The number of carbonyl (C=O) groups excluding carboxylic acids is 2. The van der Waals surface area contributed by atoms with Gasteiger partial charge in [-0.2, -0.15) is 0 Å². The molecule has 0 aliphatic carbocycles. The zero-order chi connectivity index (χ0) is 14.4. The zero-order valence-electron chi connectivity index (χ0n) is 11.7.